The monoisotopic (exact) mass is 196 g/mol. The van der Waals surface area contributed by atoms with Gasteiger partial charge in [-0.25, -0.2) is 0 Å². The van der Waals surface area contributed by atoms with Crippen LogP contribution in [-0.2, 0) is 0 Å². The molecule has 2 heterocycles. The first-order valence-electron chi connectivity index (χ1n) is 3.81. The molecular formula is C8H8N2O2S. The van der Waals surface area contributed by atoms with Crippen LogP contribution in [-0.4, -0.2) is 15.2 Å². The lowest BCUT2D eigenvalue weighted by Crippen LogP contribution is -1.89. The van der Waals surface area contributed by atoms with Crippen LogP contribution in [0.15, 0.2) is 21.3 Å². The van der Waals surface area contributed by atoms with E-state index in [0.717, 1.165) is 5.56 Å². The van der Waals surface area contributed by atoms with Crippen LogP contribution in [0.1, 0.15) is 18.9 Å². The van der Waals surface area contributed by atoms with Gasteiger partial charge in [0.1, 0.15) is 6.10 Å². The zero-order valence-electron chi connectivity index (χ0n) is 6.97. The smallest absolute Gasteiger partial charge is 0.255 e. The van der Waals surface area contributed by atoms with Gasteiger partial charge in [0, 0.05) is 10.9 Å². The average molecular weight is 196 g/mol. The number of hydrogen-bond donors (Lipinski definition) is 1. The Morgan fingerprint density at radius 2 is 2.46 bits per heavy atom. The van der Waals surface area contributed by atoms with Gasteiger partial charge in [0.2, 0.25) is 5.82 Å². The number of aliphatic hydroxyl groups excluding tert-OH is 1. The van der Waals surface area contributed by atoms with Crippen LogP contribution in [0.25, 0.3) is 11.4 Å². The third kappa shape index (κ3) is 1.61. The molecule has 13 heavy (non-hydrogen) atoms. The second kappa shape index (κ2) is 3.27. The summed E-state index contributed by atoms with van der Waals surface area (Å²) in [5.74, 6) is 0.776. The molecule has 0 aliphatic heterocycles. The minimum Gasteiger partial charge on any atom is -0.384 e. The van der Waals surface area contributed by atoms with E-state index in [1.165, 1.54) is 0 Å². The molecule has 4 nitrogen and oxygen atoms in total. The van der Waals surface area contributed by atoms with Gasteiger partial charge >= 0.3 is 0 Å². The number of nitrogens with zero attached hydrogens (tertiary/aromatic N) is 2. The topological polar surface area (TPSA) is 59.2 Å². The van der Waals surface area contributed by atoms with Crippen LogP contribution >= 0.6 is 11.3 Å². The number of aliphatic hydroxyl groups is 1. The van der Waals surface area contributed by atoms with Crippen molar-refractivity contribution in [3.05, 3.63) is 22.7 Å². The maximum atomic E-state index is 9.14. The molecule has 0 aliphatic carbocycles. The maximum absolute atomic E-state index is 9.14. The van der Waals surface area contributed by atoms with E-state index in [1.54, 1.807) is 18.3 Å². The molecule has 0 amide bonds. The van der Waals surface area contributed by atoms with E-state index in [4.69, 9.17) is 9.63 Å². The molecule has 68 valence electrons. The van der Waals surface area contributed by atoms with Gasteiger partial charge in [-0.05, 0) is 18.4 Å². The Morgan fingerprint density at radius 1 is 1.62 bits per heavy atom. The minimum atomic E-state index is -0.708. The predicted molar refractivity (Wildman–Crippen MR) is 48.2 cm³/mol. The van der Waals surface area contributed by atoms with Crippen molar-refractivity contribution in [2.75, 3.05) is 0 Å². The highest BCUT2D eigenvalue weighted by Crippen LogP contribution is 2.20. The first-order valence-corrected chi connectivity index (χ1v) is 4.76. The van der Waals surface area contributed by atoms with E-state index in [1.807, 2.05) is 16.8 Å². The Labute approximate surface area is 78.8 Å². The van der Waals surface area contributed by atoms with Crippen molar-refractivity contribution < 1.29 is 9.63 Å². The SMILES string of the molecule is C[C@H](O)c1nc(-c2ccsc2)no1. The molecule has 0 fully saturated rings. The van der Waals surface area contributed by atoms with Crippen LogP contribution in [0.3, 0.4) is 0 Å². The van der Waals surface area contributed by atoms with E-state index in [0.29, 0.717) is 5.82 Å². The van der Waals surface area contributed by atoms with Gasteiger partial charge in [-0.1, -0.05) is 5.16 Å². The summed E-state index contributed by atoms with van der Waals surface area (Å²) in [6.07, 6.45) is -0.708. The van der Waals surface area contributed by atoms with Gasteiger partial charge in [0.05, 0.1) is 0 Å². The Morgan fingerprint density at radius 3 is 3.00 bits per heavy atom. The first kappa shape index (κ1) is 8.40. The Bertz CT molecular complexity index is 381. The van der Waals surface area contributed by atoms with Crippen LogP contribution in [0.4, 0.5) is 0 Å². The third-order valence-corrected chi connectivity index (χ3v) is 2.26. The zero-order chi connectivity index (χ0) is 9.26. The summed E-state index contributed by atoms with van der Waals surface area (Å²) in [5.41, 5.74) is 0.917. The fourth-order valence-corrected chi connectivity index (χ4v) is 1.55. The molecule has 2 rings (SSSR count). The van der Waals surface area contributed by atoms with Crippen molar-refractivity contribution in [2.24, 2.45) is 0 Å². The second-order valence-electron chi connectivity index (χ2n) is 2.64. The summed E-state index contributed by atoms with van der Waals surface area (Å²) in [5, 5.41) is 16.7. The van der Waals surface area contributed by atoms with Crippen LogP contribution in [0.2, 0.25) is 0 Å². The highest BCUT2D eigenvalue weighted by molar-refractivity contribution is 7.08. The van der Waals surface area contributed by atoms with Gasteiger partial charge in [-0.3, -0.25) is 0 Å². The standard InChI is InChI=1S/C8H8N2O2S/c1-5(11)8-9-7(10-12-8)6-2-3-13-4-6/h2-5,11H,1H3/t5-/m0/s1. The van der Waals surface area contributed by atoms with Crippen LogP contribution < -0.4 is 0 Å². The third-order valence-electron chi connectivity index (χ3n) is 1.58. The molecule has 0 aromatic carbocycles. The Hall–Kier alpha value is -1.20. The molecule has 5 heteroatoms. The van der Waals surface area contributed by atoms with Gasteiger partial charge in [0.15, 0.2) is 0 Å². The fourth-order valence-electron chi connectivity index (χ4n) is 0.914. The predicted octanol–water partition coefficient (Wildman–Crippen LogP) is 1.85. The molecule has 2 aromatic heterocycles. The highest BCUT2D eigenvalue weighted by Gasteiger charge is 2.12. The fraction of sp³-hybridized carbons (Fsp3) is 0.250. The molecule has 0 radical (unpaired) electrons. The zero-order valence-corrected chi connectivity index (χ0v) is 7.78. The highest BCUT2D eigenvalue weighted by atomic mass is 32.1. The number of rotatable bonds is 2. The lowest BCUT2D eigenvalue weighted by Gasteiger charge is -1.91. The normalized spacial score (nSPS) is 13.1. The van der Waals surface area contributed by atoms with Crippen molar-refractivity contribution in [1.82, 2.24) is 10.1 Å². The van der Waals surface area contributed by atoms with Crippen LogP contribution in [0, 0.1) is 0 Å². The molecule has 0 saturated carbocycles. The molecule has 0 unspecified atom stereocenters. The quantitative estimate of drug-likeness (QED) is 0.796. The average Bonchev–Trinajstić information content (AvgIpc) is 2.75. The molecule has 0 spiro atoms. The Kier molecular flexibility index (Phi) is 2.12. The Balaban J connectivity index is 2.33. The lowest BCUT2D eigenvalue weighted by atomic mass is 10.3. The molecular weight excluding hydrogens is 188 g/mol. The van der Waals surface area contributed by atoms with Crippen LogP contribution in [0.5, 0.6) is 0 Å². The molecule has 0 saturated heterocycles. The van der Waals surface area contributed by atoms with Gasteiger partial charge < -0.3 is 9.63 Å². The maximum Gasteiger partial charge on any atom is 0.255 e. The molecule has 0 bridgehead atoms. The summed E-state index contributed by atoms with van der Waals surface area (Å²) < 4.78 is 4.84. The number of hydrogen-bond acceptors (Lipinski definition) is 5. The summed E-state index contributed by atoms with van der Waals surface area (Å²) in [7, 11) is 0. The van der Waals surface area contributed by atoms with E-state index < -0.39 is 6.10 Å². The van der Waals surface area contributed by atoms with Crippen molar-refractivity contribution in [2.45, 2.75) is 13.0 Å². The van der Waals surface area contributed by atoms with Crippen molar-refractivity contribution in [1.29, 1.82) is 0 Å². The summed E-state index contributed by atoms with van der Waals surface area (Å²) in [6, 6.07) is 1.90. The van der Waals surface area contributed by atoms with Crippen molar-refractivity contribution in [3.63, 3.8) is 0 Å². The summed E-state index contributed by atoms with van der Waals surface area (Å²) in [4.78, 5) is 4.03. The van der Waals surface area contributed by atoms with Gasteiger partial charge in [-0.15, -0.1) is 0 Å². The molecule has 2 aromatic rings. The largest absolute Gasteiger partial charge is 0.384 e. The number of aromatic nitrogens is 2. The molecule has 1 N–H and O–H groups in total. The second-order valence-corrected chi connectivity index (χ2v) is 3.42. The minimum absolute atomic E-state index is 0.251. The molecule has 0 aliphatic rings. The number of thiophene rings is 1. The lowest BCUT2D eigenvalue weighted by molar-refractivity contribution is 0.152. The van der Waals surface area contributed by atoms with Gasteiger partial charge in [-0.2, -0.15) is 16.3 Å². The van der Waals surface area contributed by atoms with E-state index in [9.17, 15) is 0 Å². The van der Waals surface area contributed by atoms with Crippen molar-refractivity contribution >= 4 is 11.3 Å². The van der Waals surface area contributed by atoms with Gasteiger partial charge in [0.25, 0.3) is 5.89 Å². The van der Waals surface area contributed by atoms with E-state index in [-0.39, 0.29) is 5.89 Å². The van der Waals surface area contributed by atoms with E-state index >= 15 is 0 Å². The summed E-state index contributed by atoms with van der Waals surface area (Å²) >= 11 is 1.57. The molecule has 1 atom stereocenters. The summed E-state index contributed by atoms with van der Waals surface area (Å²) in [6.45, 7) is 1.59. The van der Waals surface area contributed by atoms with Crippen molar-refractivity contribution in [3.8, 4) is 11.4 Å². The first-order chi connectivity index (χ1) is 6.27. The van der Waals surface area contributed by atoms with E-state index in [2.05, 4.69) is 10.1 Å².